The van der Waals surface area contributed by atoms with E-state index in [1.54, 1.807) is 24.4 Å². The minimum absolute atomic E-state index is 0. The molecule has 14 heavy (non-hydrogen) atoms. The molecule has 0 aliphatic carbocycles. The Balaban J connectivity index is 0.000000980. The number of aromatic nitrogens is 1. The number of rotatable bonds is 1. The van der Waals surface area contributed by atoms with Crippen molar-refractivity contribution in [1.82, 2.24) is 4.98 Å². The van der Waals surface area contributed by atoms with Gasteiger partial charge in [0.2, 0.25) is 0 Å². The Hall–Kier alpha value is -1.61. The van der Waals surface area contributed by atoms with E-state index in [4.69, 9.17) is 5.11 Å². The van der Waals surface area contributed by atoms with Crippen molar-refractivity contribution in [3.8, 4) is 0 Å². The second-order valence-corrected chi connectivity index (χ2v) is 2.69. The standard InChI is InChI=1S/C10H7NO2.ClH/c12-10(13)8-5-1-3-7-4-2-6-11-9(7)8;/h1-6H,(H,12,13);1H. The number of nitrogens with zero attached hydrogens (tertiary/aromatic N) is 1. The van der Waals surface area contributed by atoms with E-state index < -0.39 is 5.97 Å². The largest absolute Gasteiger partial charge is 0.478 e. The van der Waals surface area contributed by atoms with Gasteiger partial charge in [-0.2, -0.15) is 0 Å². The number of halogens is 1. The molecule has 0 saturated heterocycles. The van der Waals surface area contributed by atoms with E-state index in [2.05, 4.69) is 4.98 Å². The van der Waals surface area contributed by atoms with E-state index in [9.17, 15) is 4.79 Å². The number of para-hydroxylation sites is 1. The van der Waals surface area contributed by atoms with Crippen molar-refractivity contribution in [2.24, 2.45) is 0 Å². The highest BCUT2D eigenvalue weighted by Crippen LogP contribution is 2.15. The van der Waals surface area contributed by atoms with Crippen molar-refractivity contribution in [1.29, 1.82) is 0 Å². The minimum Gasteiger partial charge on any atom is -0.478 e. The van der Waals surface area contributed by atoms with Gasteiger partial charge in [0.25, 0.3) is 0 Å². The van der Waals surface area contributed by atoms with Crippen LogP contribution in [0.4, 0.5) is 0 Å². The van der Waals surface area contributed by atoms with E-state index in [0.29, 0.717) is 5.52 Å². The second-order valence-electron chi connectivity index (χ2n) is 2.69. The van der Waals surface area contributed by atoms with E-state index in [-0.39, 0.29) is 18.0 Å². The third kappa shape index (κ3) is 1.67. The first kappa shape index (κ1) is 10.5. The Kier molecular flexibility index (Phi) is 3.04. The molecule has 0 aliphatic rings. The predicted molar refractivity (Wildman–Crippen MR) is 56.0 cm³/mol. The summed E-state index contributed by atoms with van der Waals surface area (Å²) in [5, 5.41) is 9.69. The Bertz CT molecular complexity index is 465. The Morgan fingerprint density at radius 2 is 1.93 bits per heavy atom. The third-order valence-electron chi connectivity index (χ3n) is 1.86. The fourth-order valence-electron chi connectivity index (χ4n) is 1.28. The molecule has 2 rings (SSSR count). The van der Waals surface area contributed by atoms with Gasteiger partial charge < -0.3 is 5.11 Å². The molecule has 1 aromatic heterocycles. The molecule has 0 amide bonds. The summed E-state index contributed by atoms with van der Waals surface area (Å²) in [5.74, 6) is -0.940. The molecule has 4 heteroatoms. The summed E-state index contributed by atoms with van der Waals surface area (Å²) in [5.41, 5.74) is 0.788. The summed E-state index contributed by atoms with van der Waals surface area (Å²) in [6.07, 6.45) is 1.59. The number of aromatic carboxylic acids is 1. The van der Waals surface area contributed by atoms with Crippen LogP contribution in [0.25, 0.3) is 10.9 Å². The topological polar surface area (TPSA) is 50.2 Å². The van der Waals surface area contributed by atoms with Crippen LogP contribution in [0.3, 0.4) is 0 Å². The molecule has 0 radical (unpaired) electrons. The van der Waals surface area contributed by atoms with Gasteiger partial charge in [-0.1, -0.05) is 18.2 Å². The van der Waals surface area contributed by atoms with Crippen LogP contribution in [0.2, 0.25) is 0 Å². The molecular weight excluding hydrogens is 202 g/mol. The first-order valence-corrected chi connectivity index (χ1v) is 3.86. The van der Waals surface area contributed by atoms with Gasteiger partial charge in [-0.05, 0) is 12.1 Å². The first-order valence-electron chi connectivity index (χ1n) is 3.86. The molecule has 3 nitrogen and oxygen atoms in total. The molecule has 0 bridgehead atoms. The lowest BCUT2D eigenvalue weighted by molar-refractivity contribution is 0.0699. The van der Waals surface area contributed by atoms with Gasteiger partial charge in [0.1, 0.15) is 0 Å². The number of hydrogen-bond acceptors (Lipinski definition) is 2. The summed E-state index contributed by atoms with van der Waals surface area (Å²) < 4.78 is 0. The van der Waals surface area contributed by atoms with Crippen LogP contribution >= 0.6 is 12.4 Å². The van der Waals surface area contributed by atoms with Gasteiger partial charge in [-0.15, -0.1) is 12.4 Å². The number of carbonyl (C=O) groups is 1. The number of benzene rings is 1. The van der Waals surface area contributed by atoms with E-state index in [1.807, 2.05) is 12.1 Å². The Labute approximate surface area is 86.8 Å². The van der Waals surface area contributed by atoms with E-state index >= 15 is 0 Å². The van der Waals surface area contributed by atoms with Crippen LogP contribution in [0.1, 0.15) is 10.4 Å². The van der Waals surface area contributed by atoms with Crippen molar-refractivity contribution in [2.45, 2.75) is 0 Å². The fourth-order valence-corrected chi connectivity index (χ4v) is 1.28. The van der Waals surface area contributed by atoms with Crippen molar-refractivity contribution in [3.05, 3.63) is 42.1 Å². The first-order chi connectivity index (χ1) is 6.29. The summed E-state index contributed by atoms with van der Waals surface area (Å²) in [6, 6.07) is 8.74. The molecule has 0 spiro atoms. The molecule has 0 unspecified atom stereocenters. The highest BCUT2D eigenvalue weighted by molar-refractivity contribution is 6.01. The van der Waals surface area contributed by atoms with Crippen LogP contribution in [-0.2, 0) is 0 Å². The smallest absolute Gasteiger partial charge is 0.337 e. The van der Waals surface area contributed by atoms with Crippen molar-refractivity contribution >= 4 is 29.3 Å². The number of hydrogen-bond donors (Lipinski definition) is 1. The number of carboxylic acid groups (broad SMARTS) is 1. The van der Waals surface area contributed by atoms with Crippen LogP contribution in [0.15, 0.2) is 36.5 Å². The molecule has 0 fully saturated rings. The maximum absolute atomic E-state index is 10.8. The van der Waals surface area contributed by atoms with Gasteiger partial charge >= 0.3 is 5.97 Å². The zero-order valence-electron chi connectivity index (χ0n) is 7.18. The predicted octanol–water partition coefficient (Wildman–Crippen LogP) is 2.35. The van der Waals surface area contributed by atoms with Gasteiger partial charge in [0.15, 0.2) is 0 Å². The van der Waals surface area contributed by atoms with Gasteiger partial charge in [-0.25, -0.2) is 4.79 Å². The number of fused-ring (bicyclic) bond motifs is 1. The molecule has 0 saturated carbocycles. The van der Waals surface area contributed by atoms with E-state index in [1.165, 1.54) is 0 Å². The van der Waals surface area contributed by atoms with Gasteiger partial charge in [0.05, 0.1) is 11.1 Å². The van der Waals surface area contributed by atoms with Crippen LogP contribution in [-0.4, -0.2) is 16.1 Å². The molecule has 1 aromatic carbocycles. The molecule has 1 N–H and O–H groups in total. The fraction of sp³-hybridized carbons (Fsp3) is 0. The summed E-state index contributed by atoms with van der Waals surface area (Å²) in [4.78, 5) is 14.8. The lowest BCUT2D eigenvalue weighted by Crippen LogP contribution is -1.97. The van der Waals surface area contributed by atoms with Gasteiger partial charge in [0, 0.05) is 11.6 Å². The Morgan fingerprint density at radius 3 is 2.64 bits per heavy atom. The number of carboxylic acids is 1. The van der Waals surface area contributed by atoms with E-state index in [0.717, 1.165) is 5.39 Å². The zero-order chi connectivity index (χ0) is 9.26. The monoisotopic (exact) mass is 209 g/mol. The molecule has 0 aliphatic heterocycles. The zero-order valence-corrected chi connectivity index (χ0v) is 7.99. The average molecular weight is 210 g/mol. The summed E-state index contributed by atoms with van der Waals surface area (Å²) >= 11 is 0. The third-order valence-corrected chi connectivity index (χ3v) is 1.86. The lowest BCUT2D eigenvalue weighted by atomic mass is 10.1. The summed E-state index contributed by atoms with van der Waals surface area (Å²) in [6.45, 7) is 0. The van der Waals surface area contributed by atoms with Crippen LogP contribution < -0.4 is 0 Å². The normalized spacial score (nSPS) is 9.43. The Morgan fingerprint density at radius 1 is 1.21 bits per heavy atom. The molecular formula is C10H8ClNO2. The maximum atomic E-state index is 10.8. The average Bonchev–Trinajstić information content (AvgIpc) is 2.17. The van der Waals surface area contributed by atoms with Gasteiger partial charge in [-0.3, -0.25) is 4.98 Å². The molecule has 1 heterocycles. The summed E-state index contributed by atoms with van der Waals surface area (Å²) in [7, 11) is 0. The molecule has 2 aromatic rings. The van der Waals surface area contributed by atoms with Crippen molar-refractivity contribution in [3.63, 3.8) is 0 Å². The van der Waals surface area contributed by atoms with Crippen LogP contribution in [0, 0.1) is 0 Å². The SMILES string of the molecule is Cl.O=C(O)c1cccc2cccnc12. The minimum atomic E-state index is -0.940. The molecule has 72 valence electrons. The van der Waals surface area contributed by atoms with Crippen molar-refractivity contribution in [2.75, 3.05) is 0 Å². The molecule has 0 atom stereocenters. The lowest BCUT2D eigenvalue weighted by Gasteiger charge is -1.99. The van der Waals surface area contributed by atoms with Crippen molar-refractivity contribution < 1.29 is 9.90 Å². The van der Waals surface area contributed by atoms with Crippen LogP contribution in [0.5, 0.6) is 0 Å². The number of pyridine rings is 1. The second kappa shape index (κ2) is 4.07. The highest BCUT2D eigenvalue weighted by atomic mass is 35.5. The highest BCUT2D eigenvalue weighted by Gasteiger charge is 2.07. The maximum Gasteiger partial charge on any atom is 0.337 e. The quantitative estimate of drug-likeness (QED) is 0.785.